The van der Waals surface area contributed by atoms with Crippen LogP contribution in [0.1, 0.15) is 12.0 Å². The van der Waals surface area contributed by atoms with Crippen molar-refractivity contribution in [3.8, 4) is 0 Å². The van der Waals surface area contributed by atoms with Crippen molar-refractivity contribution >= 4 is 60.6 Å². The average molecular weight is 458 g/mol. The van der Waals surface area contributed by atoms with Crippen molar-refractivity contribution < 1.29 is 4.79 Å². The van der Waals surface area contributed by atoms with E-state index in [1.54, 1.807) is 0 Å². The molecule has 3 rings (SSSR count). The van der Waals surface area contributed by atoms with Crippen molar-refractivity contribution in [2.45, 2.75) is 19.0 Å². The lowest BCUT2D eigenvalue weighted by Gasteiger charge is -2.32. The first-order valence-electron chi connectivity index (χ1n) is 8.80. The largest absolute Gasteiger partial charge is 0.326 e. The third-order valence-electron chi connectivity index (χ3n) is 4.64. The minimum absolute atomic E-state index is 0. The average Bonchev–Trinajstić information content (AvgIpc) is 2.58. The standard InChI is InChI=1S/C18H28N4OS.3ClH/c1-21-6-8-22(9-7-21)13-15-3-2-4-16(11-15)20-18(23)12-17-14-24-10-5-19-17;;;/h2-4,11,17,19H,5-10,12-14H2,1H3,(H,20,23);3*1H. The monoisotopic (exact) mass is 456 g/mol. The van der Waals surface area contributed by atoms with Crippen LogP contribution in [-0.2, 0) is 11.3 Å². The third-order valence-corrected chi connectivity index (χ3v) is 5.77. The zero-order chi connectivity index (χ0) is 16.8. The molecule has 1 atom stereocenters. The van der Waals surface area contributed by atoms with Gasteiger partial charge in [-0.2, -0.15) is 11.8 Å². The van der Waals surface area contributed by atoms with Gasteiger partial charge < -0.3 is 15.5 Å². The molecular formula is C18H31Cl3N4OS. The molecule has 1 aromatic carbocycles. The van der Waals surface area contributed by atoms with Crippen LogP contribution in [0.3, 0.4) is 0 Å². The molecule has 5 nitrogen and oxygen atoms in total. The van der Waals surface area contributed by atoms with Crippen LogP contribution in [0.15, 0.2) is 24.3 Å². The lowest BCUT2D eigenvalue weighted by Crippen LogP contribution is -2.43. The summed E-state index contributed by atoms with van der Waals surface area (Å²) in [6.45, 7) is 6.43. The molecule has 0 saturated carbocycles. The molecule has 0 bridgehead atoms. The summed E-state index contributed by atoms with van der Waals surface area (Å²) in [5.74, 6) is 2.27. The highest BCUT2D eigenvalue weighted by Crippen LogP contribution is 2.15. The number of anilines is 1. The molecular weight excluding hydrogens is 427 g/mol. The molecule has 0 radical (unpaired) electrons. The van der Waals surface area contributed by atoms with Crippen LogP contribution in [-0.4, -0.2) is 73.0 Å². The number of rotatable bonds is 5. The second-order valence-corrected chi connectivity index (χ2v) is 7.91. The van der Waals surface area contributed by atoms with Gasteiger partial charge in [-0.25, -0.2) is 0 Å². The topological polar surface area (TPSA) is 47.6 Å². The van der Waals surface area contributed by atoms with Crippen LogP contribution in [0.2, 0.25) is 0 Å². The zero-order valence-corrected chi connectivity index (χ0v) is 19.0. The Morgan fingerprint density at radius 1 is 1.22 bits per heavy atom. The van der Waals surface area contributed by atoms with E-state index >= 15 is 0 Å². The maximum atomic E-state index is 12.2. The van der Waals surface area contributed by atoms with Gasteiger partial charge in [0.1, 0.15) is 0 Å². The van der Waals surface area contributed by atoms with Crippen molar-refractivity contribution in [1.29, 1.82) is 0 Å². The van der Waals surface area contributed by atoms with Gasteiger partial charge in [-0.15, -0.1) is 37.2 Å². The first kappa shape index (κ1) is 26.8. The zero-order valence-electron chi connectivity index (χ0n) is 15.7. The molecule has 1 amide bonds. The summed E-state index contributed by atoms with van der Waals surface area (Å²) in [6, 6.07) is 8.58. The molecule has 156 valence electrons. The molecule has 0 spiro atoms. The van der Waals surface area contributed by atoms with Crippen LogP contribution in [0.5, 0.6) is 0 Å². The Balaban J connectivity index is 0.00000225. The number of amides is 1. The number of likely N-dealkylation sites (N-methyl/N-ethyl adjacent to an activating group) is 1. The number of hydrogen-bond acceptors (Lipinski definition) is 5. The number of carbonyl (C=O) groups is 1. The van der Waals surface area contributed by atoms with Gasteiger partial charge in [-0.3, -0.25) is 9.69 Å². The number of piperazine rings is 1. The van der Waals surface area contributed by atoms with E-state index < -0.39 is 0 Å². The highest BCUT2D eigenvalue weighted by Gasteiger charge is 2.17. The van der Waals surface area contributed by atoms with Crippen molar-refractivity contribution in [2.24, 2.45) is 0 Å². The van der Waals surface area contributed by atoms with Crippen molar-refractivity contribution in [1.82, 2.24) is 15.1 Å². The minimum atomic E-state index is 0. The summed E-state index contributed by atoms with van der Waals surface area (Å²) in [5, 5.41) is 6.47. The molecule has 2 saturated heterocycles. The lowest BCUT2D eigenvalue weighted by molar-refractivity contribution is -0.116. The number of benzene rings is 1. The van der Waals surface area contributed by atoms with Gasteiger partial charge in [0.25, 0.3) is 0 Å². The van der Waals surface area contributed by atoms with Crippen LogP contribution < -0.4 is 10.6 Å². The Kier molecular flexibility index (Phi) is 13.8. The molecule has 0 aliphatic carbocycles. The number of nitrogens with one attached hydrogen (secondary N) is 2. The Morgan fingerprint density at radius 2 is 1.96 bits per heavy atom. The first-order valence-corrected chi connectivity index (χ1v) is 9.95. The molecule has 2 fully saturated rings. The molecule has 2 aliphatic rings. The third kappa shape index (κ3) is 9.22. The number of nitrogens with zero attached hydrogens (tertiary/aromatic N) is 2. The van der Waals surface area contributed by atoms with Crippen LogP contribution in [0, 0.1) is 0 Å². The molecule has 0 aromatic heterocycles. The van der Waals surface area contributed by atoms with Crippen LogP contribution >= 0.6 is 49.0 Å². The van der Waals surface area contributed by atoms with E-state index in [0.29, 0.717) is 12.5 Å². The Bertz CT molecular complexity index is 553. The van der Waals surface area contributed by atoms with Crippen LogP contribution in [0.4, 0.5) is 5.69 Å². The second-order valence-electron chi connectivity index (χ2n) is 6.76. The SMILES string of the molecule is CN1CCN(Cc2cccc(NC(=O)CC3CSCCN3)c2)CC1.Cl.Cl.Cl. The van der Waals surface area contributed by atoms with Gasteiger partial charge in [-0.05, 0) is 24.7 Å². The van der Waals surface area contributed by atoms with Gasteiger partial charge >= 0.3 is 0 Å². The number of hydrogen-bond donors (Lipinski definition) is 2. The fraction of sp³-hybridized carbons (Fsp3) is 0.611. The summed E-state index contributed by atoms with van der Waals surface area (Å²) in [5.41, 5.74) is 2.18. The van der Waals surface area contributed by atoms with Crippen molar-refractivity contribution in [3.05, 3.63) is 29.8 Å². The summed E-state index contributed by atoms with van der Waals surface area (Å²) in [4.78, 5) is 17.1. The number of thioether (sulfide) groups is 1. The predicted molar refractivity (Wildman–Crippen MR) is 123 cm³/mol. The van der Waals surface area contributed by atoms with Gasteiger partial charge in [-0.1, -0.05) is 12.1 Å². The predicted octanol–water partition coefficient (Wildman–Crippen LogP) is 2.73. The highest BCUT2D eigenvalue weighted by atomic mass is 35.5. The molecule has 2 N–H and O–H groups in total. The van der Waals surface area contributed by atoms with Crippen LogP contribution in [0.25, 0.3) is 0 Å². The molecule has 2 heterocycles. The summed E-state index contributed by atoms with van der Waals surface area (Å²) in [7, 11) is 2.17. The Labute approximate surface area is 185 Å². The fourth-order valence-corrected chi connectivity index (χ4v) is 4.15. The quantitative estimate of drug-likeness (QED) is 0.712. The van der Waals surface area contributed by atoms with Gasteiger partial charge in [0.05, 0.1) is 0 Å². The summed E-state index contributed by atoms with van der Waals surface area (Å²) < 4.78 is 0. The molecule has 1 aromatic rings. The minimum Gasteiger partial charge on any atom is -0.326 e. The fourth-order valence-electron chi connectivity index (χ4n) is 3.20. The number of carbonyl (C=O) groups excluding carboxylic acids is 1. The van der Waals surface area contributed by atoms with Crippen molar-refractivity contribution in [2.75, 3.05) is 56.6 Å². The van der Waals surface area contributed by atoms with Crippen molar-refractivity contribution in [3.63, 3.8) is 0 Å². The maximum absolute atomic E-state index is 12.2. The van der Waals surface area contributed by atoms with Gasteiger partial charge in [0.2, 0.25) is 5.91 Å². The van der Waals surface area contributed by atoms with Gasteiger partial charge in [0.15, 0.2) is 0 Å². The maximum Gasteiger partial charge on any atom is 0.225 e. The molecule has 27 heavy (non-hydrogen) atoms. The van der Waals surface area contributed by atoms with E-state index in [-0.39, 0.29) is 43.1 Å². The van der Waals surface area contributed by atoms with Gasteiger partial charge in [0, 0.05) is 68.9 Å². The van der Waals surface area contributed by atoms with E-state index in [4.69, 9.17) is 0 Å². The van der Waals surface area contributed by atoms with E-state index in [0.717, 1.165) is 56.5 Å². The normalized spacial score (nSPS) is 20.6. The second kappa shape index (κ2) is 13.9. The molecule has 9 heteroatoms. The van der Waals surface area contributed by atoms with E-state index in [9.17, 15) is 4.79 Å². The molecule has 2 aliphatic heterocycles. The number of halogens is 3. The Morgan fingerprint density at radius 3 is 2.63 bits per heavy atom. The molecule has 1 unspecified atom stereocenters. The smallest absolute Gasteiger partial charge is 0.225 e. The Hall–Kier alpha value is -0.210. The highest BCUT2D eigenvalue weighted by molar-refractivity contribution is 7.99. The van der Waals surface area contributed by atoms with E-state index in [2.05, 4.69) is 39.6 Å². The first-order chi connectivity index (χ1) is 11.7. The van der Waals surface area contributed by atoms with E-state index in [1.165, 1.54) is 5.56 Å². The van der Waals surface area contributed by atoms with E-state index in [1.807, 2.05) is 23.9 Å². The lowest BCUT2D eigenvalue weighted by atomic mass is 10.1. The summed E-state index contributed by atoms with van der Waals surface area (Å²) >= 11 is 1.92. The summed E-state index contributed by atoms with van der Waals surface area (Å²) in [6.07, 6.45) is 0.551.